The molecule has 0 aliphatic carbocycles. The molecule has 8 nitrogen and oxygen atoms in total. The van der Waals surface area contributed by atoms with Crippen LogP contribution in [0.2, 0.25) is 0 Å². The predicted molar refractivity (Wildman–Crippen MR) is 88.3 cm³/mol. The van der Waals surface area contributed by atoms with Crippen LogP contribution >= 0.6 is 0 Å². The molecule has 1 N–H and O–H groups in total. The molecule has 0 aliphatic rings. The highest BCUT2D eigenvalue weighted by atomic mass is 32.2. The first-order chi connectivity index (χ1) is 11.5. The number of ether oxygens (including phenoxy) is 2. The summed E-state index contributed by atoms with van der Waals surface area (Å²) in [6, 6.07) is 4.94. The molecule has 0 spiro atoms. The largest absolute Gasteiger partial charge is 0.495 e. The number of nitrogens with zero attached hydrogens (tertiary/aromatic N) is 3. The van der Waals surface area contributed by atoms with E-state index < -0.39 is 10.0 Å². The second kappa shape index (κ2) is 8.22. The molecule has 0 unspecified atom stereocenters. The predicted octanol–water partition coefficient (Wildman–Crippen LogP) is 1.11. The topological polar surface area (TPSA) is 95.3 Å². The Hall–Kier alpha value is -1.97. The van der Waals surface area contributed by atoms with Crippen molar-refractivity contribution in [2.24, 2.45) is 0 Å². The number of hydrogen-bond acceptors (Lipinski definition) is 6. The summed E-state index contributed by atoms with van der Waals surface area (Å²) >= 11 is 0. The lowest BCUT2D eigenvalue weighted by Gasteiger charge is -2.12. The van der Waals surface area contributed by atoms with Gasteiger partial charge < -0.3 is 14.0 Å². The van der Waals surface area contributed by atoms with Gasteiger partial charge in [0.25, 0.3) is 0 Å². The summed E-state index contributed by atoms with van der Waals surface area (Å²) in [6.45, 7) is 3.19. The maximum atomic E-state index is 12.5. The van der Waals surface area contributed by atoms with Gasteiger partial charge in [-0.15, -0.1) is 10.2 Å². The van der Waals surface area contributed by atoms with Crippen molar-refractivity contribution in [3.63, 3.8) is 0 Å². The standard InChI is InChI=1S/C15H22N4O4S/c1-12-5-6-14(13(9-12)23-3)24(20,21)17-10-15-18-16-11-19(15)7-4-8-22-2/h5-6,9,11,17H,4,7-8,10H2,1-3H3. The minimum Gasteiger partial charge on any atom is -0.495 e. The highest BCUT2D eigenvalue weighted by molar-refractivity contribution is 7.89. The van der Waals surface area contributed by atoms with Crippen molar-refractivity contribution in [3.05, 3.63) is 35.9 Å². The van der Waals surface area contributed by atoms with Gasteiger partial charge in [-0.05, 0) is 31.0 Å². The number of rotatable bonds is 9. The van der Waals surface area contributed by atoms with E-state index in [1.807, 2.05) is 6.92 Å². The van der Waals surface area contributed by atoms with Gasteiger partial charge in [0, 0.05) is 20.3 Å². The maximum Gasteiger partial charge on any atom is 0.244 e. The fourth-order valence-corrected chi connectivity index (χ4v) is 3.34. The zero-order valence-corrected chi connectivity index (χ0v) is 14.8. The molecule has 132 valence electrons. The van der Waals surface area contributed by atoms with Crippen LogP contribution in [0.1, 0.15) is 17.8 Å². The lowest BCUT2D eigenvalue weighted by molar-refractivity contribution is 0.190. The van der Waals surface area contributed by atoms with Crippen molar-refractivity contribution in [2.75, 3.05) is 20.8 Å². The molecule has 0 atom stereocenters. The summed E-state index contributed by atoms with van der Waals surface area (Å²) in [6.07, 6.45) is 2.37. The second-order valence-electron chi connectivity index (χ2n) is 5.27. The summed E-state index contributed by atoms with van der Waals surface area (Å²) in [7, 11) is -0.639. The number of aryl methyl sites for hydroxylation is 2. The van der Waals surface area contributed by atoms with Crippen molar-refractivity contribution in [1.29, 1.82) is 0 Å². The number of nitrogens with one attached hydrogen (secondary N) is 1. The quantitative estimate of drug-likeness (QED) is 0.678. The molecule has 0 radical (unpaired) electrons. The van der Waals surface area contributed by atoms with Crippen LogP contribution in [0.4, 0.5) is 0 Å². The highest BCUT2D eigenvalue weighted by Crippen LogP contribution is 2.24. The monoisotopic (exact) mass is 354 g/mol. The van der Waals surface area contributed by atoms with Crippen molar-refractivity contribution in [3.8, 4) is 5.75 Å². The van der Waals surface area contributed by atoms with E-state index in [1.165, 1.54) is 13.2 Å². The smallest absolute Gasteiger partial charge is 0.244 e. The third-order valence-electron chi connectivity index (χ3n) is 3.47. The first-order valence-corrected chi connectivity index (χ1v) is 8.96. The SMILES string of the molecule is COCCCn1cnnc1CNS(=O)(=O)c1ccc(C)cc1OC. The number of benzene rings is 1. The fraction of sp³-hybridized carbons (Fsp3) is 0.467. The molecule has 0 saturated carbocycles. The molecule has 2 aromatic rings. The summed E-state index contributed by atoms with van der Waals surface area (Å²) < 4.78 is 39.6. The van der Waals surface area contributed by atoms with Gasteiger partial charge in [0.2, 0.25) is 10.0 Å². The van der Waals surface area contributed by atoms with E-state index in [9.17, 15) is 8.42 Å². The van der Waals surface area contributed by atoms with E-state index in [-0.39, 0.29) is 11.4 Å². The van der Waals surface area contributed by atoms with E-state index in [0.29, 0.717) is 24.7 Å². The first kappa shape index (κ1) is 18.4. The molecular formula is C15H22N4O4S. The molecule has 0 saturated heterocycles. The zero-order chi connectivity index (χ0) is 17.6. The Balaban J connectivity index is 2.10. The Kier molecular flexibility index (Phi) is 6.29. The zero-order valence-electron chi connectivity index (χ0n) is 14.0. The van der Waals surface area contributed by atoms with E-state index >= 15 is 0 Å². The minimum atomic E-state index is -3.72. The third kappa shape index (κ3) is 4.53. The Morgan fingerprint density at radius 2 is 2.08 bits per heavy atom. The van der Waals surface area contributed by atoms with Gasteiger partial charge in [-0.3, -0.25) is 0 Å². The molecule has 0 bridgehead atoms. The van der Waals surface area contributed by atoms with Crippen LogP contribution in [0.5, 0.6) is 5.75 Å². The molecule has 2 rings (SSSR count). The fourth-order valence-electron chi connectivity index (χ4n) is 2.22. The minimum absolute atomic E-state index is 0.0480. The van der Waals surface area contributed by atoms with E-state index in [2.05, 4.69) is 14.9 Å². The van der Waals surface area contributed by atoms with Gasteiger partial charge >= 0.3 is 0 Å². The molecule has 0 aliphatic heterocycles. The summed E-state index contributed by atoms with van der Waals surface area (Å²) in [4.78, 5) is 0.0982. The van der Waals surface area contributed by atoms with Crippen LogP contribution in [0.3, 0.4) is 0 Å². The third-order valence-corrected chi connectivity index (χ3v) is 4.91. The van der Waals surface area contributed by atoms with Crippen LogP contribution in [0.15, 0.2) is 29.4 Å². The van der Waals surface area contributed by atoms with Crippen molar-refractivity contribution >= 4 is 10.0 Å². The highest BCUT2D eigenvalue weighted by Gasteiger charge is 2.20. The van der Waals surface area contributed by atoms with Gasteiger partial charge in [0.05, 0.1) is 13.7 Å². The van der Waals surface area contributed by atoms with Crippen LogP contribution in [-0.2, 0) is 27.8 Å². The Labute approximate surface area is 141 Å². The maximum absolute atomic E-state index is 12.5. The average molecular weight is 354 g/mol. The van der Waals surface area contributed by atoms with Crippen molar-refractivity contribution < 1.29 is 17.9 Å². The van der Waals surface area contributed by atoms with Crippen molar-refractivity contribution in [1.82, 2.24) is 19.5 Å². The summed E-state index contributed by atoms with van der Waals surface area (Å²) in [5.74, 6) is 0.852. The van der Waals surface area contributed by atoms with Crippen LogP contribution < -0.4 is 9.46 Å². The second-order valence-corrected chi connectivity index (χ2v) is 7.00. The van der Waals surface area contributed by atoms with E-state index in [0.717, 1.165) is 12.0 Å². The molecule has 0 fully saturated rings. The lowest BCUT2D eigenvalue weighted by Crippen LogP contribution is -2.25. The molecule has 1 aromatic heterocycles. The Morgan fingerprint density at radius 3 is 2.79 bits per heavy atom. The molecule has 9 heteroatoms. The summed E-state index contributed by atoms with van der Waals surface area (Å²) in [5, 5.41) is 7.79. The molecule has 1 aromatic carbocycles. The van der Waals surface area contributed by atoms with Gasteiger partial charge in [-0.2, -0.15) is 0 Å². The van der Waals surface area contributed by atoms with Gasteiger partial charge in [0.15, 0.2) is 0 Å². The molecule has 24 heavy (non-hydrogen) atoms. The number of methoxy groups -OCH3 is 2. The van der Waals surface area contributed by atoms with Gasteiger partial charge in [0.1, 0.15) is 22.8 Å². The van der Waals surface area contributed by atoms with Crippen LogP contribution in [0, 0.1) is 6.92 Å². The Bertz CT molecular complexity index is 774. The van der Waals surface area contributed by atoms with E-state index in [4.69, 9.17) is 9.47 Å². The molecule has 0 amide bonds. The van der Waals surface area contributed by atoms with Gasteiger partial charge in [-0.1, -0.05) is 6.07 Å². The van der Waals surface area contributed by atoms with Crippen LogP contribution in [0.25, 0.3) is 0 Å². The lowest BCUT2D eigenvalue weighted by atomic mass is 10.2. The molecule has 1 heterocycles. The summed E-state index contributed by atoms with van der Waals surface area (Å²) in [5.41, 5.74) is 0.920. The average Bonchev–Trinajstić information content (AvgIpc) is 3.00. The van der Waals surface area contributed by atoms with Gasteiger partial charge in [-0.25, -0.2) is 13.1 Å². The number of aromatic nitrogens is 3. The Morgan fingerprint density at radius 1 is 1.29 bits per heavy atom. The number of hydrogen-bond donors (Lipinski definition) is 1. The molecular weight excluding hydrogens is 332 g/mol. The van der Waals surface area contributed by atoms with Crippen LogP contribution in [-0.4, -0.2) is 44.0 Å². The van der Waals surface area contributed by atoms with Crippen molar-refractivity contribution in [2.45, 2.75) is 31.3 Å². The van der Waals surface area contributed by atoms with E-state index in [1.54, 1.807) is 30.1 Å². The normalized spacial score (nSPS) is 11.6. The first-order valence-electron chi connectivity index (χ1n) is 7.48. The number of sulfonamides is 1.